The average Bonchev–Trinajstić information content (AvgIpc) is 2.28. The molecule has 1 aliphatic heterocycles. The van der Waals surface area contributed by atoms with E-state index in [0.29, 0.717) is 24.3 Å². The normalized spacial score (nSPS) is 19.4. The van der Waals surface area contributed by atoms with E-state index in [9.17, 15) is 9.59 Å². The highest BCUT2D eigenvalue weighted by molar-refractivity contribution is 6.31. The summed E-state index contributed by atoms with van der Waals surface area (Å²) in [5, 5.41) is 0.643. The van der Waals surface area contributed by atoms with Gasteiger partial charge in [-0.2, -0.15) is 0 Å². The van der Waals surface area contributed by atoms with E-state index in [1.165, 1.54) is 0 Å². The van der Waals surface area contributed by atoms with Crippen molar-refractivity contribution in [1.29, 1.82) is 0 Å². The molecule has 78 valence electrons. The molecule has 0 bridgehead atoms. The van der Waals surface area contributed by atoms with Gasteiger partial charge in [0.25, 0.3) is 0 Å². The van der Waals surface area contributed by atoms with Crippen LogP contribution in [0.3, 0.4) is 0 Å². The average molecular weight is 225 g/mol. The third kappa shape index (κ3) is 1.94. The van der Waals surface area contributed by atoms with Crippen molar-refractivity contribution in [1.82, 2.24) is 0 Å². The molecule has 0 spiro atoms. The molecule has 4 heteroatoms. The van der Waals surface area contributed by atoms with E-state index >= 15 is 0 Å². The van der Waals surface area contributed by atoms with Gasteiger partial charge in [0.1, 0.15) is 6.10 Å². The minimum Gasteiger partial charge on any atom is -0.365 e. The summed E-state index contributed by atoms with van der Waals surface area (Å²) in [5.74, 6) is -0.513. The van der Waals surface area contributed by atoms with E-state index in [1.54, 1.807) is 6.07 Å². The van der Waals surface area contributed by atoms with Gasteiger partial charge < -0.3 is 4.74 Å². The van der Waals surface area contributed by atoms with Crippen molar-refractivity contribution in [2.45, 2.75) is 19.1 Å². The Bertz CT molecular complexity index is 414. The Labute approximate surface area is 92.0 Å². The minimum absolute atomic E-state index is 0.291. The second kappa shape index (κ2) is 4.13. The molecule has 0 aromatic heterocycles. The van der Waals surface area contributed by atoms with Crippen molar-refractivity contribution in [3.05, 3.63) is 34.3 Å². The van der Waals surface area contributed by atoms with Crippen molar-refractivity contribution in [3.8, 4) is 0 Å². The Balaban J connectivity index is 2.27. The molecule has 0 saturated heterocycles. The van der Waals surface area contributed by atoms with E-state index in [4.69, 9.17) is 16.3 Å². The lowest BCUT2D eigenvalue weighted by Crippen LogP contribution is -2.31. The zero-order valence-corrected chi connectivity index (χ0v) is 8.66. The number of benzene rings is 1. The van der Waals surface area contributed by atoms with E-state index < -0.39 is 11.9 Å². The van der Waals surface area contributed by atoms with E-state index in [-0.39, 0.29) is 0 Å². The van der Waals surface area contributed by atoms with Crippen LogP contribution >= 0.6 is 11.6 Å². The number of ketones is 1. The molecule has 0 saturated carbocycles. The zero-order chi connectivity index (χ0) is 10.8. The first kappa shape index (κ1) is 10.3. The summed E-state index contributed by atoms with van der Waals surface area (Å²) in [6.45, 7) is 0.291. The Hall–Kier alpha value is -1.19. The Kier molecular flexibility index (Phi) is 2.84. The van der Waals surface area contributed by atoms with Gasteiger partial charge in [-0.25, -0.2) is 0 Å². The molecular formula is C11H9ClO3. The van der Waals surface area contributed by atoms with Crippen LogP contribution in [0.2, 0.25) is 5.02 Å². The van der Waals surface area contributed by atoms with E-state index in [2.05, 4.69) is 0 Å². The van der Waals surface area contributed by atoms with Crippen molar-refractivity contribution in [2.75, 3.05) is 0 Å². The number of Topliss-reactive ketones (excluding diaryl/α,β-unsaturated/α-hetero) is 1. The van der Waals surface area contributed by atoms with Crippen LogP contribution < -0.4 is 0 Å². The number of aldehydes is 1. The van der Waals surface area contributed by atoms with Crippen LogP contribution in [-0.4, -0.2) is 18.2 Å². The number of fused-ring (bicyclic) bond motifs is 1. The summed E-state index contributed by atoms with van der Waals surface area (Å²) < 4.78 is 5.27. The molecule has 15 heavy (non-hydrogen) atoms. The van der Waals surface area contributed by atoms with Gasteiger partial charge in [-0.3, -0.25) is 9.59 Å². The van der Waals surface area contributed by atoms with Gasteiger partial charge in [-0.15, -0.1) is 0 Å². The largest absolute Gasteiger partial charge is 0.365 e. The Morgan fingerprint density at radius 2 is 2.33 bits per heavy atom. The van der Waals surface area contributed by atoms with Crippen molar-refractivity contribution >= 4 is 23.7 Å². The number of hydrogen-bond donors (Lipinski definition) is 0. The third-order valence-corrected chi connectivity index (χ3v) is 2.84. The lowest BCUT2D eigenvalue weighted by atomic mass is 9.97. The molecule has 0 fully saturated rings. The summed E-state index contributed by atoms with van der Waals surface area (Å²) >= 11 is 5.97. The number of halogens is 1. The Morgan fingerprint density at radius 3 is 3.07 bits per heavy atom. The third-order valence-electron chi connectivity index (χ3n) is 2.48. The predicted octanol–water partition coefficient (Wildman–Crippen LogP) is 1.55. The van der Waals surface area contributed by atoms with Crippen molar-refractivity contribution in [2.24, 2.45) is 0 Å². The maximum absolute atomic E-state index is 11.1. The van der Waals surface area contributed by atoms with Crippen molar-refractivity contribution < 1.29 is 14.3 Å². The highest BCUT2D eigenvalue weighted by Crippen LogP contribution is 2.27. The molecule has 1 aromatic rings. The smallest absolute Gasteiger partial charge is 0.224 e. The number of rotatable bonds is 2. The number of carbonyl (C=O) groups excluding carboxylic acids is 2. The summed E-state index contributed by atoms with van der Waals surface area (Å²) in [5.41, 5.74) is 1.89. The molecule has 2 rings (SSSR count). The van der Waals surface area contributed by atoms with Crippen molar-refractivity contribution in [3.63, 3.8) is 0 Å². The van der Waals surface area contributed by atoms with Crippen LogP contribution in [0.25, 0.3) is 0 Å². The molecular weight excluding hydrogens is 216 g/mol. The molecule has 0 amide bonds. The number of hydrogen-bond acceptors (Lipinski definition) is 3. The van der Waals surface area contributed by atoms with Gasteiger partial charge in [-0.1, -0.05) is 23.7 Å². The van der Waals surface area contributed by atoms with Crippen LogP contribution in [-0.2, 0) is 27.4 Å². The SMILES string of the molecule is O=CC(=O)C1Cc2cccc(Cl)c2CO1. The minimum atomic E-state index is -0.645. The molecule has 1 unspecified atom stereocenters. The second-order valence-corrected chi connectivity index (χ2v) is 3.81. The van der Waals surface area contributed by atoms with E-state index in [1.807, 2.05) is 12.1 Å². The summed E-state index contributed by atoms with van der Waals surface area (Å²) in [7, 11) is 0. The summed E-state index contributed by atoms with van der Waals surface area (Å²) in [6, 6.07) is 5.51. The van der Waals surface area contributed by atoms with E-state index in [0.717, 1.165) is 11.1 Å². The van der Waals surface area contributed by atoms with Crippen LogP contribution in [0.5, 0.6) is 0 Å². The molecule has 1 aromatic carbocycles. The summed E-state index contributed by atoms with van der Waals surface area (Å²) in [6.07, 6.45) is 0.0849. The van der Waals surface area contributed by atoms with Gasteiger partial charge in [0.15, 0.2) is 6.29 Å². The fourth-order valence-corrected chi connectivity index (χ4v) is 1.91. The molecule has 1 aliphatic rings. The Morgan fingerprint density at radius 1 is 1.53 bits per heavy atom. The fraction of sp³-hybridized carbons (Fsp3) is 0.273. The lowest BCUT2D eigenvalue weighted by Gasteiger charge is -2.23. The lowest BCUT2D eigenvalue weighted by molar-refractivity contribution is -0.139. The van der Waals surface area contributed by atoms with Gasteiger partial charge >= 0.3 is 0 Å². The van der Waals surface area contributed by atoms with Gasteiger partial charge in [-0.05, 0) is 17.2 Å². The molecule has 0 aliphatic carbocycles. The van der Waals surface area contributed by atoms with Crippen LogP contribution in [0.4, 0.5) is 0 Å². The van der Waals surface area contributed by atoms with Gasteiger partial charge in [0, 0.05) is 11.4 Å². The van der Waals surface area contributed by atoms with Gasteiger partial charge in [0.2, 0.25) is 5.78 Å². The first-order chi connectivity index (χ1) is 7.22. The zero-order valence-electron chi connectivity index (χ0n) is 7.90. The quantitative estimate of drug-likeness (QED) is 0.566. The highest BCUT2D eigenvalue weighted by atomic mass is 35.5. The molecule has 0 radical (unpaired) electrons. The topological polar surface area (TPSA) is 43.4 Å². The van der Waals surface area contributed by atoms with Crippen LogP contribution in [0.1, 0.15) is 11.1 Å². The molecule has 1 heterocycles. The number of carbonyl (C=O) groups is 2. The van der Waals surface area contributed by atoms with Crippen LogP contribution in [0, 0.1) is 0 Å². The monoisotopic (exact) mass is 224 g/mol. The van der Waals surface area contributed by atoms with Crippen LogP contribution in [0.15, 0.2) is 18.2 Å². The summed E-state index contributed by atoms with van der Waals surface area (Å²) in [4.78, 5) is 21.5. The standard InChI is InChI=1S/C11H9ClO3/c12-9-3-1-2-7-4-11(10(14)5-13)15-6-8(7)9/h1-3,5,11H,4,6H2. The second-order valence-electron chi connectivity index (χ2n) is 3.40. The number of ether oxygens (including phenoxy) is 1. The highest BCUT2D eigenvalue weighted by Gasteiger charge is 2.25. The molecule has 3 nitrogen and oxygen atoms in total. The first-order valence-electron chi connectivity index (χ1n) is 4.59. The predicted molar refractivity (Wildman–Crippen MR) is 54.8 cm³/mol. The van der Waals surface area contributed by atoms with Gasteiger partial charge in [0.05, 0.1) is 6.61 Å². The first-order valence-corrected chi connectivity index (χ1v) is 4.97. The molecule has 1 atom stereocenters. The maximum atomic E-state index is 11.1. The fourth-order valence-electron chi connectivity index (χ4n) is 1.66. The maximum Gasteiger partial charge on any atom is 0.224 e. The molecule has 0 N–H and O–H groups in total.